The molecule has 0 aliphatic rings. The fourth-order valence-corrected chi connectivity index (χ4v) is 3.58. The van der Waals surface area contributed by atoms with Crippen LogP contribution in [0.25, 0.3) is 5.69 Å². The molecule has 1 heterocycles. The van der Waals surface area contributed by atoms with Crippen molar-refractivity contribution in [3.05, 3.63) is 70.5 Å². The van der Waals surface area contributed by atoms with Gasteiger partial charge in [-0.2, -0.15) is 10.4 Å². The van der Waals surface area contributed by atoms with Crippen LogP contribution < -0.4 is 10.5 Å². The minimum absolute atomic E-state index is 0.0355. The lowest BCUT2D eigenvalue weighted by molar-refractivity contribution is -0.115. The van der Waals surface area contributed by atoms with Gasteiger partial charge in [0.15, 0.2) is 0 Å². The van der Waals surface area contributed by atoms with Crippen LogP contribution in [0, 0.1) is 23.0 Å². The number of nitrogens with one attached hydrogen (secondary N) is 1. The average molecular weight is 452 g/mol. The second-order valence-corrected chi connectivity index (χ2v) is 7.97. The van der Waals surface area contributed by atoms with Crippen LogP contribution in [0.4, 0.5) is 14.5 Å². The summed E-state index contributed by atoms with van der Waals surface area (Å²) in [5, 5.41) is 19.9. The molecule has 0 saturated heterocycles. The van der Waals surface area contributed by atoms with Gasteiger partial charge in [0.1, 0.15) is 22.6 Å². The number of primary sulfonamides is 1. The van der Waals surface area contributed by atoms with Crippen LogP contribution in [-0.4, -0.2) is 24.1 Å². The third-order valence-electron chi connectivity index (χ3n) is 3.98. The molecule has 0 radical (unpaired) electrons. The summed E-state index contributed by atoms with van der Waals surface area (Å²) in [7, 11) is -4.24. The fourth-order valence-electron chi connectivity index (χ4n) is 2.62. The molecule has 8 nitrogen and oxygen atoms in total. The van der Waals surface area contributed by atoms with Crippen molar-refractivity contribution in [2.24, 2.45) is 5.14 Å². The highest BCUT2D eigenvalue weighted by molar-refractivity contribution is 7.89. The Kier molecular flexibility index (Phi) is 5.84. The van der Waals surface area contributed by atoms with E-state index in [1.54, 1.807) is 0 Å². The Hall–Kier alpha value is -3.33. The van der Waals surface area contributed by atoms with Gasteiger partial charge in [0.25, 0.3) is 0 Å². The van der Waals surface area contributed by atoms with Gasteiger partial charge >= 0.3 is 0 Å². The van der Waals surface area contributed by atoms with Gasteiger partial charge in [0.05, 0.1) is 28.9 Å². The Morgan fingerprint density at radius 2 is 1.97 bits per heavy atom. The number of carbonyl (C=O) groups is 1. The number of halogens is 3. The average Bonchev–Trinajstić information content (AvgIpc) is 3.16. The number of anilines is 1. The zero-order valence-corrected chi connectivity index (χ0v) is 16.5. The van der Waals surface area contributed by atoms with Crippen LogP contribution in [0.1, 0.15) is 11.1 Å². The van der Waals surface area contributed by atoms with Gasteiger partial charge in [-0.25, -0.2) is 27.0 Å². The van der Waals surface area contributed by atoms with Crippen molar-refractivity contribution < 1.29 is 22.0 Å². The van der Waals surface area contributed by atoms with E-state index in [0.29, 0.717) is 0 Å². The summed E-state index contributed by atoms with van der Waals surface area (Å²) in [6.07, 6.45) is 1.95. The van der Waals surface area contributed by atoms with Gasteiger partial charge in [0.2, 0.25) is 15.9 Å². The van der Waals surface area contributed by atoms with Crippen LogP contribution in [0.2, 0.25) is 5.02 Å². The highest BCUT2D eigenvalue weighted by atomic mass is 35.5. The number of nitriles is 1. The van der Waals surface area contributed by atoms with Gasteiger partial charge in [-0.1, -0.05) is 11.6 Å². The van der Waals surface area contributed by atoms with Crippen molar-refractivity contribution >= 4 is 33.2 Å². The lowest BCUT2D eigenvalue weighted by Gasteiger charge is -2.12. The molecule has 0 aliphatic heterocycles. The molecular weight excluding hydrogens is 440 g/mol. The third-order valence-corrected chi connectivity index (χ3v) is 5.33. The molecule has 1 amide bonds. The normalized spacial score (nSPS) is 11.2. The molecular formula is C18H12ClF2N5O3S. The van der Waals surface area contributed by atoms with Gasteiger partial charge in [-0.15, -0.1) is 0 Å². The first-order valence-electron chi connectivity index (χ1n) is 8.14. The standard InChI is InChI=1S/C18H12ClF2N5O3S/c19-18-12(13(20)2-3-14(18)21)6-17(27)25-11-1-4-15(16(5-11)30(23,28)29)26-9-10(7-22)8-24-26/h1-5,8-9H,6H2,(H,25,27)(H2,23,28,29). The van der Waals surface area contributed by atoms with Crippen molar-refractivity contribution in [1.82, 2.24) is 9.78 Å². The number of carbonyl (C=O) groups excluding carboxylic acids is 1. The molecule has 0 fully saturated rings. The van der Waals surface area contributed by atoms with E-state index in [1.807, 2.05) is 6.07 Å². The summed E-state index contributed by atoms with van der Waals surface area (Å²) in [4.78, 5) is 11.9. The largest absolute Gasteiger partial charge is 0.326 e. The molecule has 3 rings (SSSR count). The zero-order chi connectivity index (χ0) is 22.1. The summed E-state index contributed by atoms with van der Waals surface area (Å²) in [6, 6.07) is 7.30. The smallest absolute Gasteiger partial charge is 0.240 e. The molecule has 0 saturated carbocycles. The molecule has 0 aliphatic carbocycles. The Morgan fingerprint density at radius 1 is 1.27 bits per heavy atom. The topological polar surface area (TPSA) is 131 Å². The molecule has 2 aromatic carbocycles. The number of aromatic nitrogens is 2. The minimum atomic E-state index is -4.24. The molecule has 0 bridgehead atoms. The van der Waals surface area contributed by atoms with Crippen molar-refractivity contribution in [2.45, 2.75) is 11.3 Å². The van der Waals surface area contributed by atoms with Gasteiger partial charge in [0, 0.05) is 17.4 Å². The quantitative estimate of drug-likeness (QED) is 0.575. The van der Waals surface area contributed by atoms with E-state index in [2.05, 4.69) is 10.4 Å². The summed E-state index contributed by atoms with van der Waals surface area (Å²) in [5.41, 5.74) is -0.0515. The lowest BCUT2D eigenvalue weighted by atomic mass is 10.1. The van der Waals surface area contributed by atoms with Crippen LogP contribution in [0.3, 0.4) is 0 Å². The van der Waals surface area contributed by atoms with E-state index in [4.69, 9.17) is 22.0 Å². The Balaban J connectivity index is 1.91. The number of hydrogen-bond acceptors (Lipinski definition) is 5. The number of nitrogens with two attached hydrogens (primary N) is 1. The first-order chi connectivity index (χ1) is 14.1. The molecule has 30 heavy (non-hydrogen) atoms. The lowest BCUT2D eigenvalue weighted by Crippen LogP contribution is -2.18. The molecule has 0 atom stereocenters. The molecule has 0 unspecified atom stereocenters. The van der Waals surface area contributed by atoms with Crippen LogP contribution in [-0.2, 0) is 21.2 Å². The van der Waals surface area contributed by atoms with Gasteiger partial charge in [-0.3, -0.25) is 4.79 Å². The highest BCUT2D eigenvalue weighted by Crippen LogP contribution is 2.25. The number of hydrogen-bond donors (Lipinski definition) is 2. The number of sulfonamides is 1. The number of amides is 1. The van der Waals surface area contributed by atoms with Crippen molar-refractivity contribution in [3.63, 3.8) is 0 Å². The maximum absolute atomic E-state index is 13.9. The third kappa shape index (κ3) is 4.46. The van der Waals surface area contributed by atoms with Crippen LogP contribution >= 0.6 is 11.6 Å². The number of nitrogens with zero attached hydrogens (tertiary/aromatic N) is 3. The molecule has 3 aromatic rings. The van der Waals surface area contributed by atoms with Crippen molar-refractivity contribution in [1.29, 1.82) is 5.26 Å². The molecule has 12 heteroatoms. The van der Waals surface area contributed by atoms with Gasteiger partial charge < -0.3 is 5.32 Å². The summed E-state index contributed by atoms with van der Waals surface area (Å²) >= 11 is 5.71. The monoisotopic (exact) mass is 451 g/mol. The summed E-state index contributed by atoms with van der Waals surface area (Å²) in [5.74, 6) is -2.50. The highest BCUT2D eigenvalue weighted by Gasteiger charge is 2.19. The van der Waals surface area contributed by atoms with E-state index in [1.165, 1.54) is 24.5 Å². The van der Waals surface area contributed by atoms with Crippen molar-refractivity contribution in [3.8, 4) is 11.8 Å². The molecule has 3 N–H and O–H groups in total. The number of rotatable bonds is 5. The first-order valence-corrected chi connectivity index (χ1v) is 10.1. The van der Waals surface area contributed by atoms with Gasteiger partial charge in [-0.05, 0) is 30.3 Å². The summed E-state index contributed by atoms with van der Waals surface area (Å²) < 4.78 is 52.5. The Morgan fingerprint density at radius 3 is 2.60 bits per heavy atom. The van der Waals surface area contributed by atoms with E-state index in [9.17, 15) is 22.0 Å². The second kappa shape index (κ2) is 8.19. The van der Waals surface area contributed by atoms with Crippen LogP contribution in [0.5, 0.6) is 0 Å². The van der Waals surface area contributed by atoms with E-state index < -0.39 is 39.0 Å². The Labute approximate surface area is 174 Å². The van der Waals surface area contributed by atoms with Crippen molar-refractivity contribution in [2.75, 3.05) is 5.32 Å². The summed E-state index contributed by atoms with van der Waals surface area (Å²) in [6.45, 7) is 0. The maximum Gasteiger partial charge on any atom is 0.240 e. The first kappa shape index (κ1) is 21.4. The predicted octanol–water partition coefficient (Wildman–Crippen LogP) is 2.50. The molecule has 154 valence electrons. The minimum Gasteiger partial charge on any atom is -0.326 e. The van der Waals surface area contributed by atoms with E-state index in [0.717, 1.165) is 22.9 Å². The fraction of sp³-hybridized carbons (Fsp3) is 0.0556. The Bertz CT molecular complexity index is 1300. The van der Waals surface area contributed by atoms with E-state index >= 15 is 0 Å². The van der Waals surface area contributed by atoms with Crippen LogP contribution in [0.15, 0.2) is 47.6 Å². The second-order valence-electron chi connectivity index (χ2n) is 6.06. The predicted molar refractivity (Wildman–Crippen MR) is 103 cm³/mol. The molecule has 1 aromatic heterocycles. The van der Waals surface area contributed by atoms with E-state index in [-0.39, 0.29) is 27.4 Å². The maximum atomic E-state index is 13.9. The number of benzene rings is 2. The zero-order valence-electron chi connectivity index (χ0n) is 14.9. The molecule has 0 spiro atoms. The SMILES string of the molecule is N#Cc1cnn(-c2ccc(NC(=O)Cc3c(F)ccc(F)c3Cl)cc2S(N)(=O)=O)c1.